The molecule has 38 heavy (non-hydrogen) atoms. The number of aromatic nitrogens is 4. The molecule has 0 bridgehead atoms. The Morgan fingerprint density at radius 2 is 1.74 bits per heavy atom. The van der Waals surface area contributed by atoms with Crippen molar-refractivity contribution in [1.29, 1.82) is 0 Å². The molecule has 7 nitrogen and oxygen atoms in total. The number of rotatable bonds is 7. The Kier molecular flexibility index (Phi) is 6.21. The van der Waals surface area contributed by atoms with Gasteiger partial charge in [0.05, 0.1) is 17.3 Å². The van der Waals surface area contributed by atoms with E-state index in [1.165, 1.54) is 6.07 Å². The van der Waals surface area contributed by atoms with E-state index < -0.39 is 11.7 Å². The van der Waals surface area contributed by atoms with Crippen molar-refractivity contribution >= 4 is 10.9 Å². The zero-order chi connectivity index (χ0) is 26.3. The first kappa shape index (κ1) is 24.3. The van der Waals surface area contributed by atoms with Gasteiger partial charge in [0.1, 0.15) is 0 Å². The Morgan fingerprint density at radius 1 is 0.921 bits per heavy atom. The van der Waals surface area contributed by atoms with Crippen molar-refractivity contribution in [2.24, 2.45) is 0 Å². The van der Waals surface area contributed by atoms with E-state index in [1.807, 2.05) is 29.8 Å². The summed E-state index contributed by atoms with van der Waals surface area (Å²) in [4.78, 5) is 4.43. The summed E-state index contributed by atoms with van der Waals surface area (Å²) in [6, 6.07) is 18.1. The number of benzene rings is 3. The first-order chi connectivity index (χ1) is 18.4. The Balaban J connectivity index is 1.28. The highest BCUT2D eigenvalue weighted by Gasteiger charge is 2.34. The summed E-state index contributed by atoms with van der Waals surface area (Å²) in [5.41, 5.74) is 1.56. The maximum atomic E-state index is 14.0. The van der Waals surface area contributed by atoms with Crippen molar-refractivity contribution < 1.29 is 27.2 Å². The lowest BCUT2D eigenvalue weighted by atomic mass is 9.97. The van der Waals surface area contributed by atoms with Crippen molar-refractivity contribution in [3.05, 3.63) is 78.5 Å². The fourth-order valence-electron chi connectivity index (χ4n) is 4.69. The zero-order valence-corrected chi connectivity index (χ0v) is 20.4. The molecule has 0 amide bonds. The molecule has 0 saturated carbocycles. The smallest absolute Gasteiger partial charge is 0.334 e. The molecule has 0 spiro atoms. The molecule has 0 atom stereocenters. The number of ether oxygens (including phenoxy) is 2. The first-order valence-corrected chi connectivity index (χ1v) is 12.2. The second kappa shape index (κ2) is 9.70. The minimum Gasteiger partial charge on any atom is -0.334 e. The van der Waals surface area contributed by atoms with Crippen molar-refractivity contribution in [2.45, 2.75) is 45.1 Å². The summed E-state index contributed by atoms with van der Waals surface area (Å²) in [6.45, 7) is 2.54. The Morgan fingerprint density at radius 3 is 2.50 bits per heavy atom. The number of nitrogens with zero attached hydrogens (tertiary/aromatic N) is 4. The highest BCUT2D eigenvalue weighted by atomic mass is 19.4. The van der Waals surface area contributed by atoms with Gasteiger partial charge in [-0.25, -0.2) is 0 Å². The summed E-state index contributed by atoms with van der Waals surface area (Å²) in [7, 11) is 0. The van der Waals surface area contributed by atoms with E-state index in [0.717, 1.165) is 29.8 Å². The van der Waals surface area contributed by atoms with Gasteiger partial charge in [-0.3, -0.25) is 4.68 Å². The molecular formula is C28H23F3N4O3. The molecule has 0 unspecified atom stereocenters. The SMILES string of the molecule is CC1OC(CCCn2ncc3c(-c4noc(-c5ccc(-c6ccccc6)c(C(F)(F)F)c5)n4)cccc32)O1. The van der Waals surface area contributed by atoms with Gasteiger partial charge in [-0.1, -0.05) is 53.7 Å². The third kappa shape index (κ3) is 4.68. The molecule has 2 aromatic heterocycles. The van der Waals surface area contributed by atoms with Crippen LogP contribution in [-0.2, 0) is 22.2 Å². The third-order valence-electron chi connectivity index (χ3n) is 6.51. The standard InChI is InChI=1S/C28H23F3N4O3/c1-17-36-25(37-17)11-6-14-35-24-10-5-9-21(22(24)16-32-35)26-33-27(38-34-26)19-12-13-20(18-7-3-2-4-8-18)23(15-19)28(29,30)31/h2-5,7-10,12-13,15-17,25H,6,11,14H2,1H3. The molecular weight excluding hydrogens is 497 g/mol. The van der Waals surface area contributed by atoms with E-state index in [1.54, 1.807) is 42.6 Å². The van der Waals surface area contributed by atoms with Crippen LogP contribution < -0.4 is 0 Å². The van der Waals surface area contributed by atoms with E-state index in [-0.39, 0.29) is 35.4 Å². The fraction of sp³-hybridized carbons (Fsp3) is 0.250. The molecule has 1 aliphatic rings. The minimum atomic E-state index is -4.56. The second-order valence-corrected chi connectivity index (χ2v) is 9.06. The molecule has 0 radical (unpaired) electrons. The maximum absolute atomic E-state index is 14.0. The molecule has 1 saturated heterocycles. The van der Waals surface area contributed by atoms with Crippen molar-refractivity contribution in [1.82, 2.24) is 19.9 Å². The predicted molar refractivity (Wildman–Crippen MR) is 134 cm³/mol. The summed E-state index contributed by atoms with van der Waals surface area (Å²) >= 11 is 0. The normalized spacial score (nSPS) is 17.6. The van der Waals surface area contributed by atoms with E-state index in [2.05, 4.69) is 15.2 Å². The summed E-state index contributed by atoms with van der Waals surface area (Å²) in [6.07, 6.45) is -1.54. The van der Waals surface area contributed by atoms with Crippen LogP contribution in [-0.4, -0.2) is 32.5 Å². The number of hydrogen-bond donors (Lipinski definition) is 0. The van der Waals surface area contributed by atoms with Crippen LogP contribution in [0.2, 0.25) is 0 Å². The summed E-state index contributed by atoms with van der Waals surface area (Å²) < 4.78 is 60.1. The lowest BCUT2D eigenvalue weighted by Crippen LogP contribution is -2.38. The number of fused-ring (bicyclic) bond motifs is 1. The van der Waals surface area contributed by atoms with Gasteiger partial charge >= 0.3 is 6.18 Å². The topological polar surface area (TPSA) is 75.2 Å². The molecule has 3 heterocycles. The van der Waals surface area contributed by atoms with E-state index in [0.29, 0.717) is 17.7 Å². The number of halogens is 3. The van der Waals surface area contributed by atoms with Gasteiger partial charge in [-0.05, 0) is 42.7 Å². The predicted octanol–water partition coefficient (Wildman–Crippen LogP) is 6.94. The average molecular weight is 521 g/mol. The maximum Gasteiger partial charge on any atom is 0.417 e. The first-order valence-electron chi connectivity index (χ1n) is 12.2. The van der Waals surface area contributed by atoms with Crippen molar-refractivity contribution in [3.63, 3.8) is 0 Å². The number of aryl methyl sites for hydroxylation is 1. The quantitative estimate of drug-likeness (QED) is 0.231. The fourth-order valence-corrected chi connectivity index (χ4v) is 4.69. The van der Waals surface area contributed by atoms with Crippen LogP contribution in [0.1, 0.15) is 25.3 Å². The highest BCUT2D eigenvalue weighted by Crippen LogP contribution is 2.39. The van der Waals surface area contributed by atoms with E-state index in [4.69, 9.17) is 14.0 Å². The second-order valence-electron chi connectivity index (χ2n) is 9.06. The monoisotopic (exact) mass is 520 g/mol. The van der Waals surface area contributed by atoms with Crippen LogP contribution in [0.5, 0.6) is 0 Å². The highest BCUT2D eigenvalue weighted by molar-refractivity contribution is 5.93. The van der Waals surface area contributed by atoms with Gasteiger partial charge in [-0.15, -0.1) is 0 Å². The molecule has 5 aromatic rings. The Bertz CT molecular complexity index is 1570. The molecule has 0 N–H and O–H groups in total. The van der Waals surface area contributed by atoms with Crippen LogP contribution in [0.25, 0.3) is 44.9 Å². The molecule has 1 aliphatic heterocycles. The molecule has 194 valence electrons. The Hall–Kier alpha value is -4.02. The van der Waals surface area contributed by atoms with Gasteiger partial charge in [0.25, 0.3) is 5.89 Å². The lowest BCUT2D eigenvalue weighted by molar-refractivity contribution is -0.377. The van der Waals surface area contributed by atoms with Gasteiger partial charge in [0.2, 0.25) is 5.82 Å². The van der Waals surface area contributed by atoms with E-state index >= 15 is 0 Å². The van der Waals surface area contributed by atoms with Crippen molar-refractivity contribution in [3.8, 4) is 34.0 Å². The van der Waals surface area contributed by atoms with Crippen LogP contribution in [0.4, 0.5) is 13.2 Å². The van der Waals surface area contributed by atoms with Crippen molar-refractivity contribution in [2.75, 3.05) is 0 Å². The van der Waals surface area contributed by atoms with E-state index in [9.17, 15) is 13.2 Å². The molecule has 3 aromatic carbocycles. The Labute approximate surface area is 215 Å². The largest absolute Gasteiger partial charge is 0.417 e. The third-order valence-corrected chi connectivity index (χ3v) is 6.51. The van der Waals surface area contributed by atoms with Crippen LogP contribution >= 0.6 is 0 Å². The average Bonchev–Trinajstić information content (AvgIpc) is 3.55. The summed E-state index contributed by atoms with van der Waals surface area (Å²) in [5.74, 6) is 0.278. The minimum absolute atomic E-state index is 0.00392. The lowest BCUT2D eigenvalue weighted by Gasteiger charge is -2.33. The number of hydrogen-bond acceptors (Lipinski definition) is 6. The molecule has 0 aliphatic carbocycles. The van der Waals surface area contributed by atoms with Gasteiger partial charge < -0.3 is 14.0 Å². The molecule has 6 rings (SSSR count). The van der Waals surface area contributed by atoms with Crippen LogP contribution in [0.3, 0.4) is 0 Å². The van der Waals surface area contributed by atoms with Crippen LogP contribution in [0.15, 0.2) is 77.4 Å². The molecule has 10 heteroatoms. The molecule has 1 fully saturated rings. The van der Waals surface area contributed by atoms with Crippen LogP contribution in [0, 0.1) is 0 Å². The van der Waals surface area contributed by atoms with Gasteiger partial charge in [0, 0.05) is 29.5 Å². The zero-order valence-electron chi connectivity index (χ0n) is 20.4. The number of alkyl halides is 3. The summed E-state index contributed by atoms with van der Waals surface area (Å²) in [5, 5.41) is 9.39. The van der Waals surface area contributed by atoms with Gasteiger partial charge in [0.15, 0.2) is 12.6 Å². The van der Waals surface area contributed by atoms with Gasteiger partial charge in [-0.2, -0.15) is 23.3 Å².